The molecule has 0 aromatic heterocycles. The summed E-state index contributed by atoms with van der Waals surface area (Å²) >= 11 is 0. The second-order valence-corrected chi connectivity index (χ2v) is 3.38. The van der Waals surface area contributed by atoms with Crippen LogP contribution in [-0.4, -0.2) is 12.4 Å². The Morgan fingerprint density at radius 2 is 1.94 bits per heavy atom. The number of nitrogens with two attached hydrogens (primary N) is 1. The van der Waals surface area contributed by atoms with Gasteiger partial charge < -0.3 is 10.5 Å². The third-order valence-corrected chi connectivity index (χ3v) is 2.05. The van der Waals surface area contributed by atoms with Crippen LogP contribution in [0.1, 0.15) is 25.3 Å². The van der Waals surface area contributed by atoms with Crippen molar-refractivity contribution < 1.29 is 13.5 Å². The lowest BCUT2D eigenvalue weighted by atomic mass is 10.2. The molecule has 3 N–H and O–H groups in total. The number of halogens is 2. The molecule has 0 aliphatic carbocycles. The van der Waals surface area contributed by atoms with Crippen LogP contribution in [-0.2, 0) is 0 Å². The minimum absolute atomic E-state index is 0.0119. The molecule has 5 heteroatoms. The zero-order valence-electron chi connectivity index (χ0n) is 9.02. The number of hydrogen-bond acceptors (Lipinski definition) is 2. The summed E-state index contributed by atoms with van der Waals surface area (Å²) in [6.45, 7) is 2.22. The van der Waals surface area contributed by atoms with Crippen LogP contribution in [0.2, 0.25) is 0 Å². The Labute approximate surface area is 92.7 Å². The van der Waals surface area contributed by atoms with E-state index in [2.05, 4.69) is 0 Å². The van der Waals surface area contributed by atoms with Crippen LogP contribution in [0, 0.1) is 17.0 Å². The maximum Gasteiger partial charge on any atom is 0.190 e. The molecule has 0 saturated heterocycles. The van der Waals surface area contributed by atoms with Gasteiger partial charge in [0.25, 0.3) is 0 Å². The van der Waals surface area contributed by atoms with Gasteiger partial charge in [0.15, 0.2) is 17.4 Å². The van der Waals surface area contributed by atoms with Crippen LogP contribution in [0.15, 0.2) is 12.1 Å². The fourth-order valence-corrected chi connectivity index (χ4v) is 1.17. The van der Waals surface area contributed by atoms with Gasteiger partial charge in [-0.1, -0.05) is 13.3 Å². The van der Waals surface area contributed by atoms with E-state index < -0.39 is 17.4 Å². The number of benzene rings is 1. The Kier molecular flexibility index (Phi) is 4.22. The molecule has 0 unspecified atom stereocenters. The summed E-state index contributed by atoms with van der Waals surface area (Å²) in [7, 11) is 0. The fraction of sp³-hybridized carbons (Fsp3) is 0.364. The Balaban J connectivity index is 2.89. The Morgan fingerprint density at radius 3 is 2.38 bits per heavy atom. The first-order valence-corrected chi connectivity index (χ1v) is 5.02. The van der Waals surface area contributed by atoms with Crippen molar-refractivity contribution >= 4 is 5.84 Å². The van der Waals surface area contributed by atoms with E-state index in [9.17, 15) is 8.78 Å². The number of rotatable bonds is 5. The summed E-state index contributed by atoms with van der Waals surface area (Å²) in [6.07, 6.45) is 1.61. The third kappa shape index (κ3) is 2.92. The molecule has 0 aliphatic heterocycles. The average Bonchev–Trinajstić information content (AvgIpc) is 2.21. The van der Waals surface area contributed by atoms with Crippen molar-refractivity contribution in [1.82, 2.24) is 0 Å². The largest absolute Gasteiger partial charge is 0.488 e. The highest BCUT2D eigenvalue weighted by molar-refractivity contribution is 5.95. The van der Waals surface area contributed by atoms with Gasteiger partial charge in [0, 0.05) is 5.56 Å². The van der Waals surface area contributed by atoms with E-state index >= 15 is 0 Å². The van der Waals surface area contributed by atoms with Gasteiger partial charge in [-0.3, -0.25) is 5.41 Å². The van der Waals surface area contributed by atoms with E-state index in [1.54, 1.807) is 0 Å². The highest BCUT2D eigenvalue weighted by Crippen LogP contribution is 2.23. The zero-order chi connectivity index (χ0) is 12.1. The number of ether oxygens (including phenoxy) is 1. The zero-order valence-corrected chi connectivity index (χ0v) is 9.02. The van der Waals surface area contributed by atoms with Crippen LogP contribution in [0.4, 0.5) is 8.78 Å². The summed E-state index contributed by atoms with van der Waals surface area (Å²) in [5, 5.41) is 7.07. The topological polar surface area (TPSA) is 59.1 Å². The highest BCUT2D eigenvalue weighted by atomic mass is 19.1. The van der Waals surface area contributed by atoms with Crippen molar-refractivity contribution in [3.05, 3.63) is 29.3 Å². The molecule has 0 amide bonds. The van der Waals surface area contributed by atoms with Crippen LogP contribution < -0.4 is 10.5 Å². The van der Waals surface area contributed by atoms with E-state index in [1.807, 2.05) is 6.92 Å². The lowest BCUT2D eigenvalue weighted by molar-refractivity contribution is 0.278. The van der Waals surface area contributed by atoms with Crippen molar-refractivity contribution in [2.75, 3.05) is 6.61 Å². The number of hydrogen-bond donors (Lipinski definition) is 2. The quantitative estimate of drug-likeness (QED) is 0.462. The van der Waals surface area contributed by atoms with Gasteiger partial charge >= 0.3 is 0 Å². The third-order valence-electron chi connectivity index (χ3n) is 2.05. The van der Waals surface area contributed by atoms with E-state index in [-0.39, 0.29) is 18.0 Å². The molecule has 1 rings (SSSR count). The van der Waals surface area contributed by atoms with Crippen LogP contribution in [0.25, 0.3) is 0 Å². The molecule has 0 atom stereocenters. The molecule has 0 heterocycles. The summed E-state index contributed by atoms with van der Waals surface area (Å²) in [5.41, 5.74) is 5.14. The number of amidine groups is 1. The van der Waals surface area contributed by atoms with Crippen molar-refractivity contribution in [3.63, 3.8) is 0 Å². The SMILES string of the molecule is CCCCOc1c(F)cc(C(=N)N)cc1F. The van der Waals surface area contributed by atoms with Crippen molar-refractivity contribution in [1.29, 1.82) is 5.41 Å². The molecule has 1 aromatic carbocycles. The van der Waals surface area contributed by atoms with Gasteiger partial charge in [-0.05, 0) is 18.6 Å². The van der Waals surface area contributed by atoms with Gasteiger partial charge in [-0.2, -0.15) is 0 Å². The van der Waals surface area contributed by atoms with E-state index in [4.69, 9.17) is 15.9 Å². The Morgan fingerprint density at radius 1 is 1.38 bits per heavy atom. The van der Waals surface area contributed by atoms with Crippen molar-refractivity contribution in [3.8, 4) is 5.75 Å². The van der Waals surface area contributed by atoms with Crippen LogP contribution in [0.5, 0.6) is 5.75 Å². The summed E-state index contributed by atoms with van der Waals surface area (Å²) in [6, 6.07) is 1.99. The minimum Gasteiger partial charge on any atom is -0.488 e. The first kappa shape index (κ1) is 12.4. The second kappa shape index (κ2) is 5.44. The second-order valence-electron chi connectivity index (χ2n) is 3.38. The molecule has 0 fully saturated rings. The molecule has 0 spiro atoms. The normalized spacial score (nSPS) is 10.2. The molecule has 0 radical (unpaired) electrons. The molecule has 0 aliphatic rings. The van der Waals surface area contributed by atoms with Crippen LogP contribution >= 0.6 is 0 Å². The maximum atomic E-state index is 13.4. The number of nitrogen functional groups attached to an aromatic ring is 1. The molecule has 0 bridgehead atoms. The smallest absolute Gasteiger partial charge is 0.190 e. The summed E-state index contributed by atoms with van der Waals surface area (Å²) in [5.74, 6) is -2.45. The molecular weight excluding hydrogens is 214 g/mol. The fourth-order valence-electron chi connectivity index (χ4n) is 1.17. The average molecular weight is 228 g/mol. The Hall–Kier alpha value is -1.65. The first-order chi connectivity index (χ1) is 7.56. The molecule has 1 aromatic rings. The standard InChI is InChI=1S/C11H14F2N2O/c1-2-3-4-16-10-8(12)5-7(11(14)15)6-9(10)13/h5-6H,2-4H2,1H3,(H3,14,15). The van der Waals surface area contributed by atoms with Gasteiger partial charge in [-0.25, -0.2) is 8.78 Å². The molecular formula is C11H14F2N2O. The van der Waals surface area contributed by atoms with Gasteiger partial charge in [0.2, 0.25) is 0 Å². The molecule has 88 valence electrons. The molecule has 16 heavy (non-hydrogen) atoms. The predicted molar refractivity (Wildman–Crippen MR) is 57.8 cm³/mol. The summed E-state index contributed by atoms with van der Waals surface area (Å²) in [4.78, 5) is 0. The van der Waals surface area contributed by atoms with E-state index in [0.717, 1.165) is 25.0 Å². The van der Waals surface area contributed by atoms with Crippen molar-refractivity contribution in [2.24, 2.45) is 5.73 Å². The lowest BCUT2D eigenvalue weighted by Crippen LogP contribution is -2.12. The van der Waals surface area contributed by atoms with Gasteiger partial charge in [0.05, 0.1) is 6.61 Å². The predicted octanol–water partition coefficient (Wildman–Crippen LogP) is 2.43. The van der Waals surface area contributed by atoms with Gasteiger partial charge in [-0.15, -0.1) is 0 Å². The lowest BCUT2D eigenvalue weighted by Gasteiger charge is -2.09. The maximum absolute atomic E-state index is 13.4. The first-order valence-electron chi connectivity index (χ1n) is 5.02. The number of unbranched alkanes of at least 4 members (excludes halogenated alkanes) is 1. The highest BCUT2D eigenvalue weighted by Gasteiger charge is 2.13. The Bertz CT molecular complexity index is 371. The molecule has 0 saturated carbocycles. The van der Waals surface area contributed by atoms with Crippen molar-refractivity contribution in [2.45, 2.75) is 19.8 Å². The molecule has 3 nitrogen and oxygen atoms in total. The van der Waals surface area contributed by atoms with Gasteiger partial charge in [0.1, 0.15) is 5.84 Å². The van der Waals surface area contributed by atoms with E-state index in [0.29, 0.717) is 0 Å². The van der Waals surface area contributed by atoms with E-state index in [1.165, 1.54) is 0 Å². The monoisotopic (exact) mass is 228 g/mol. The number of nitrogens with one attached hydrogen (secondary N) is 1. The summed E-state index contributed by atoms with van der Waals surface area (Å²) < 4.78 is 31.7. The van der Waals surface area contributed by atoms with Crippen LogP contribution in [0.3, 0.4) is 0 Å². The minimum atomic E-state index is -0.832.